The molecule has 6 heteroatoms. The maximum Gasteiger partial charge on any atom is 0.306 e. The van der Waals surface area contributed by atoms with Crippen LogP contribution in [0.5, 0.6) is 0 Å². The highest BCUT2D eigenvalue weighted by Crippen LogP contribution is 2.16. The van der Waals surface area contributed by atoms with Crippen LogP contribution in [-0.2, 0) is 28.6 Å². The standard InChI is InChI=1S/C71H120O6/c1-4-7-10-13-16-19-22-25-26-27-28-29-30-31-32-33-34-35-36-37-38-39-40-41-42-43-44-47-49-52-55-58-61-64-70(73)76-67-68(77-71(74)65-62-59-56-53-50-46-24-21-18-15-12-9-6-3)66-75-69(72)63-60-57-54-51-48-45-23-20-17-14-11-8-5-2/h7,10,12,15-16,19-21,23-26,28-29,31-32,34-35,68H,4-6,8-9,11,13-14,17-18,22,27,30,33,36-67H2,1-3H3/b10-7-,15-12-,19-16-,23-20-,24-21-,26-25-,29-28-,32-31-,35-34-. The molecule has 0 aromatic carbocycles. The third-order valence-electron chi connectivity index (χ3n) is 13.7. The molecule has 0 heterocycles. The number of unbranched alkanes of at least 4 members (excludes halogenated alkanes) is 29. The van der Waals surface area contributed by atoms with Crippen LogP contribution in [0.25, 0.3) is 0 Å². The van der Waals surface area contributed by atoms with E-state index in [1.54, 1.807) is 0 Å². The molecule has 1 unspecified atom stereocenters. The molecule has 1 atom stereocenters. The smallest absolute Gasteiger partial charge is 0.306 e. The van der Waals surface area contributed by atoms with Crippen molar-refractivity contribution < 1.29 is 28.6 Å². The van der Waals surface area contributed by atoms with Gasteiger partial charge in [0.1, 0.15) is 13.2 Å². The van der Waals surface area contributed by atoms with Crippen molar-refractivity contribution in [1.82, 2.24) is 0 Å². The normalized spacial score (nSPS) is 12.8. The molecule has 6 nitrogen and oxygen atoms in total. The van der Waals surface area contributed by atoms with Gasteiger partial charge in [0.15, 0.2) is 6.10 Å². The summed E-state index contributed by atoms with van der Waals surface area (Å²) >= 11 is 0. The lowest BCUT2D eigenvalue weighted by Gasteiger charge is -2.18. The van der Waals surface area contributed by atoms with E-state index in [-0.39, 0.29) is 31.1 Å². The molecular weight excluding hydrogens is 949 g/mol. The van der Waals surface area contributed by atoms with Gasteiger partial charge in [-0.2, -0.15) is 0 Å². The number of hydrogen-bond acceptors (Lipinski definition) is 6. The van der Waals surface area contributed by atoms with Crippen molar-refractivity contribution in [1.29, 1.82) is 0 Å². The maximum atomic E-state index is 12.8. The zero-order valence-corrected chi connectivity index (χ0v) is 50.4. The van der Waals surface area contributed by atoms with E-state index in [1.165, 1.54) is 128 Å². The summed E-state index contributed by atoms with van der Waals surface area (Å²) in [4.78, 5) is 38.2. The second-order valence-corrected chi connectivity index (χ2v) is 21.3. The Morgan fingerprint density at radius 3 is 0.857 bits per heavy atom. The van der Waals surface area contributed by atoms with Gasteiger partial charge in [-0.1, -0.05) is 271 Å². The van der Waals surface area contributed by atoms with E-state index in [0.29, 0.717) is 19.3 Å². The molecule has 440 valence electrons. The number of carbonyl (C=O) groups excluding carboxylic acids is 3. The molecule has 0 radical (unpaired) electrons. The van der Waals surface area contributed by atoms with Crippen LogP contribution in [0.4, 0.5) is 0 Å². The summed E-state index contributed by atoms with van der Waals surface area (Å²) in [5.41, 5.74) is 0. The first kappa shape index (κ1) is 73.1. The first-order valence-corrected chi connectivity index (χ1v) is 32.4. The molecule has 0 aromatic rings. The Morgan fingerprint density at radius 1 is 0.273 bits per heavy atom. The SMILES string of the molecule is CC/C=C\C/C=C\C/C=C\C/C=C\C/C=C\C/C=C\CCCCCCCCCCCCCCCCC(=O)OCC(COC(=O)CCCCCCC/C=C\CCCCCC)OC(=O)CCCCCCC/C=C\C/C=C\CCC. The Balaban J connectivity index is 4.16. The molecule has 0 fully saturated rings. The van der Waals surface area contributed by atoms with E-state index < -0.39 is 6.10 Å². The molecule has 0 saturated heterocycles. The Kier molecular flexibility index (Phi) is 61.3. The lowest BCUT2D eigenvalue weighted by Crippen LogP contribution is -2.30. The van der Waals surface area contributed by atoms with Crippen LogP contribution in [0.1, 0.15) is 303 Å². The van der Waals surface area contributed by atoms with Crippen LogP contribution >= 0.6 is 0 Å². The van der Waals surface area contributed by atoms with Crippen molar-refractivity contribution >= 4 is 17.9 Å². The van der Waals surface area contributed by atoms with Gasteiger partial charge in [0.25, 0.3) is 0 Å². The lowest BCUT2D eigenvalue weighted by atomic mass is 10.0. The zero-order valence-electron chi connectivity index (χ0n) is 50.4. The Morgan fingerprint density at radius 2 is 0.532 bits per heavy atom. The van der Waals surface area contributed by atoms with Crippen LogP contribution < -0.4 is 0 Å². The number of esters is 3. The molecular formula is C71H120O6. The fraction of sp³-hybridized carbons (Fsp3) is 0.704. The van der Waals surface area contributed by atoms with Gasteiger partial charge in [0.05, 0.1) is 0 Å². The predicted molar refractivity (Wildman–Crippen MR) is 334 cm³/mol. The minimum atomic E-state index is -0.789. The van der Waals surface area contributed by atoms with Gasteiger partial charge < -0.3 is 14.2 Å². The summed E-state index contributed by atoms with van der Waals surface area (Å²) in [6.07, 6.45) is 88.2. The first-order valence-electron chi connectivity index (χ1n) is 32.4. The topological polar surface area (TPSA) is 78.9 Å². The third kappa shape index (κ3) is 62.8. The van der Waals surface area contributed by atoms with Gasteiger partial charge in [-0.05, 0) is 122 Å². The minimum absolute atomic E-state index is 0.0853. The number of rotatable bonds is 58. The van der Waals surface area contributed by atoms with Gasteiger partial charge in [-0.15, -0.1) is 0 Å². The van der Waals surface area contributed by atoms with Crippen molar-refractivity contribution in [2.24, 2.45) is 0 Å². The largest absolute Gasteiger partial charge is 0.462 e. The third-order valence-corrected chi connectivity index (χ3v) is 13.7. The quantitative estimate of drug-likeness (QED) is 0.0261. The van der Waals surface area contributed by atoms with Gasteiger partial charge >= 0.3 is 17.9 Å². The van der Waals surface area contributed by atoms with Crippen LogP contribution in [0.2, 0.25) is 0 Å². The summed E-state index contributed by atoms with van der Waals surface area (Å²) in [6, 6.07) is 0. The van der Waals surface area contributed by atoms with Gasteiger partial charge in [-0.25, -0.2) is 0 Å². The molecule has 0 aromatic heterocycles. The molecule has 0 aliphatic heterocycles. The second kappa shape index (κ2) is 64.6. The molecule has 0 spiro atoms. The number of carbonyl (C=O) groups is 3. The number of allylic oxidation sites excluding steroid dienone is 18. The van der Waals surface area contributed by atoms with Crippen LogP contribution in [0, 0.1) is 0 Å². The highest BCUT2D eigenvalue weighted by Gasteiger charge is 2.19. The number of hydrogen-bond donors (Lipinski definition) is 0. The fourth-order valence-electron chi connectivity index (χ4n) is 8.89. The van der Waals surface area contributed by atoms with E-state index in [2.05, 4.69) is 130 Å². The highest BCUT2D eigenvalue weighted by molar-refractivity contribution is 5.71. The van der Waals surface area contributed by atoms with Crippen LogP contribution in [-0.4, -0.2) is 37.2 Å². The van der Waals surface area contributed by atoms with Crippen LogP contribution in [0.15, 0.2) is 109 Å². The molecule has 0 aliphatic carbocycles. The van der Waals surface area contributed by atoms with Gasteiger partial charge in [0, 0.05) is 19.3 Å². The fourth-order valence-corrected chi connectivity index (χ4v) is 8.89. The first-order chi connectivity index (χ1) is 38.0. The van der Waals surface area contributed by atoms with Crippen molar-refractivity contribution in [2.75, 3.05) is 13.2 Å². The average molecular weight is 1070 g/mol. The Labute approximate surface area is 476 Å². The molecule has 0 bridgehead atoms. The molecule has 0 N–H and O–H groups in total. The van der Waals surface area contributed by atoms with Crippen molar-refractivity contribution in [2.45, 2.75) is 309 Å². The zero-order chi connectivity index (χ0) is 55.7. The van der Waals surface area contributed by atoms with Crippen molar-refractivity contribution in [3.8, 4) is 0 Å². The van der Waals surface area contributed by atoms with Gasteiger partial charge in [0.2, 0.25) is 0 Å². The Bertz CT molecular complexity index is 1560. The van der Waals surface area contributed by atoms with Crippen LogP contribution in [0.3, 0.4) is 0 Å². The van der Waals surface area contributed by atoms with E-state index in [4.69, 9.17) is 14.2 Å². The highest BCUT2D eigenvalue weighted by atomic mass is 16.6. The van der Waals surface area contributed by atoms with Gasteiger partial charge in [-0.3, -0.25) is 14.4 Å². The lowest BCUT2D eigenvalue weighted by molar-refractivity contribution is -0.167. The summed E-state index contributed by atoms with van der Waals surface area (Å²) in [6.45, 7) is 6.44. The van der Waals surface area contributed by atoms with E-state index >= 15 is 0 Å². The summed E-state index contributed by atoms with van der Waals surface area (Å²) in [7, 11) is 0. The van der Waals surface area contributed by atoms with E-state index in [1.807, 2.05) is 0 Å². The monoisotopic (exact) mass is 1070 g/mol. The minimum Gasteiger partial charge on any atom is -0.462 e. The Hall–Kier alpha value is -3.93. The average Bonchev–Trinajstić information content (AvgIpc) is 3.43. The molecule has 0 saturated carbocycles. The van der Waals surface area contributed by atoms with Crippen molar-refractivity contribution in [3.63, 3.8) is 0 Å². The summed E-state index contributed by atoms with van der Waals surface area (Å²) in [5.74, 6) is -0.903. The summed E-state index contributed by atoms with van der Waals surface area (Å²) in [5, 5.41) is 0. The molecule has 77 heavy (non-hydrogen) atoms. The summed E-state index contributed by atoms with van der Waals surface area (Å²) < 4.78 is 16.9. The molecule has 0 amide bonds. The second-order valence-electron chi connectivity index (χ2n) is 21.3. The van der Waals surface area contributed by atoms with E-state index in [9.17, 15) is 14.4 Å². The molecule has 0 aliphatic rings. The maximum absolute atomic E-state index is 12.8. The molecule has 0 rings (SSSR count). The van der Waals surface area contributed by atoms with E-state index in [0.717, 1.165) is 135 Å². The number of ether oxygens (including phenoxy) is 3. The van der Waals surface area contributed by atoms with Crippen molar-refractivity contribution in [3.05, 3.63) is 109 Å². The predicted octanol–water partition coefficient (Wildman–Crippen LogP) is 22.2.